The predicted octanol–water partition coefficient (Wildman–Crippen LogP) is 0.930. The molecular formula is C9H17BrN2O2. The number of amides is 2. The van der Waals surface area contributed by atoms with Gasteiger partial charge in [0.15, 0.2) is 0 Å². The van der Waals surface area contributed by atoms with Crippen molar-refractivity contribution in [1.29, 1.82) is 0 Å². The summed E-state index contributed by atoms with van der Waals surface area (Å²) in [7, 11) is 0. The van der Waals surface area contributed by atoms with Crippen LogP contribution in [0.15, 0.2) is 0 Å². The van der Waals surface area contributed by atoms with Gasteiger partial charge in [0.05, 0.1) is 4.32 Å². The van der Waals surface area contributed by atoms with Crippen LogP contribution in [0.3, 0.4) is 0 Å². The monoisotopic (exact) mass is 264 g/mol. The molecule has 2 amide bonds. The molecule has 14 heavy (non-hydrogen) atoms. The molecule has 5 heteroatoms. The third kappa shape index (κ3) is 5.21. The summed E-state index contributed by atoms with van der Waals surface area (Å²) in [5, 5.41) is 2.74. The first-order chi connectivity index (χ1) is 6.04. The number of alkyl halides is 1. The van der Waals surface area contributed by atoms with Crippen molar-refractivity contribution in [3.8, 4) is 0 Å². The van der Waals surface area contributed by atoms with Gasteiger partial charge in [0.2, 0.25) is 11.8 Å². The lowest BCUT2D eigenvalue weighted by molar-refractivity contribution is -0.125. The summed E-state index contributed by atoms with van der Waals surface area (Å²) in [4.78, 5) is 22.3. The zero-order valence-corrected chi connectivity index (χ0v) is 10.6. The quantitative estimate of drug-likeness (QED) is 0.742. The standard InChI is InChI=1S/C9H17BrN2O2/c1-8(2,5-6(11)13)12-7(14)9(3,4)10/h5H2,1-4H3,(H2,11,13)(H,12,14). The van der Waals surface area contributed by atoms with Crippen molar-refractivity contribution < 1.29 is 9.59 Å². The predicted molar refractivity (Wildman–Crippen MR) is 59.0 cm³/mol. The second-order valence-corrected chi connectivity index (χ2v) is 6.44. The van der Waals surface area contributed by atoms with E-state index >= 15 is 0 Å². The second-order valence-electron chi connectivity index (χ2n) is 4.45. The molecule has 0 atom stereocenters. The molecule has 0 saturated carbocycles. The average molecular weight is 265 g/mol. The summed E-state index contributed by atoms with van der Waals surface area (Å²) in [5.74, 6) is -0.591. The fourth-order valence-corrected chi connectivity index (χ4v) is 1.03. The van der Waals surface area contributed by atoms with Crippen LogP contribution in [0.2, 0.25) is 0 Å². The van der Waals surface area contributed by atoms with E-state index in [1.165, 1.54) is 0 Å². The van der Waals surface area contributed by atoms with E-state index in [0.717, 1.165) is 0 Å². The first kappa shape index (κ1) is 13.4. The number of hydrogen-bond donors (Lipinski definition) is 2. The normalized spacial score (nSPS) is 12.4. The molecule has 0 aliphatic carbocycles. The maximum absolute atomic E-state index is 11.6. The lowest BCUT2D eigenvalue weighted by Gasteiger charge is -2.28. The summed E-state index contributed by atoms with van der Waals surface area (Å²) in [6, 6.07) is 0. The van der Waals surface area contributed by atoms with Crippen LogP contribution in [0.5, 0.6) is 0 Å². The van der Waals surface area contributed by atoms with Gasteiger partial charge in [-0.15, -0.1) is 0 Å². The largest absolute Gasteiger partial charge is 0.370 e. The van der Waals surface area contributed by atoms with Gasteiger partial charge in [-0.05, 0) is 27.7 Å². The summed E-state index contributed by atoms with van der Waals surface area (Å²) in [6.07, 6.45) is 0.127. The molecule has 0 aromatic rings. The highest BCUT2D eigenvalue weighted by Crippen LogP contribution is 2.18. The Hall–Kier alpha value is -0.580. The van der Waals surface area contributed by atoms with E-state index in [2.05, 4.69) is 21.2 Å². The fourth-order valence-electron chi connectivity index (χ4n) is 0.936. The molecule has 0 aromatic carbocycles. The number of nitrogens with one attached hydrogen (secondary N) is 1. The first-order valence-corrected chi connectivity index (χ1v) is 5.14. The summed E-state index contributed by atoms with van der Waals surface area (Å²) in [5.41, 5.74) is 4.46. The highest BCUT2D eigenvalue weighted by atomic mass is 79.9. The highest BCUT2D eigenvalue weighted by molar-refractivity contribution is 9.10. The Bertz CT molecular complexity index is 244. The van der Waals surface area contributed by atoms with Crippen LogP contribution in [0.4, 0.5) is 0 Å². The Kier molecular flexibility index (Phi) is 4.12. The minimum Gasteiger partial charge on any atom is -0.370 e. The Balaban J connectivity index is 4.37. The maximum Gasteiger partial charge on any atom is 0.236 e. The van der Waals surface area contributed by atoms with E-state index in [1.54, 1.807) is 27.7 Å². The molecule has 0 bridgehead atoms. The van der Waals surface area contributed by atoms with Gasteiger partial charge in [0.25, 0.3) is 0 Å². The van der Waals surface area contributed by atoms with Crippen molar-refractivity contribution >= 4 is 27.7 Å². The Labute approximate surface area is 92.7 Å². The zero-order chi connectivity index (χ0) is 11.6. The third-order valence-electron chi connectivity index (χ3n) is 1.61. The molecule has 0 rings (SSSR count). The molecule has 4 nitrogen and oxygen atoms in total. The minimum absolute atomic E-state index is 0.127. The van der Waals surface area contributed by atoms with E-state index in [0.29, 0.717) is 0 Å². The zero-order valence-electron chi connectivity index (χ0n) is 8.98. The smallest absolute Gasteiger partial charge is 0.236 e. The van der Waals surface area contributed by atoms with Crippen molar-refractivity contribution in [2.75, 3.05) is 0 Å². The molecule has 0 aromatic heterocycles. The lowest BCUT2D eigenvalue weighted by Crippen LogP contribution is -2.51. The summed E-state index contributed by atoms with van der Waals surface area (Å²) >= 11 is 3.23. The van der Waals surface area contributed by atoms with Gasteiger partial charge in [0.1, 0.15) is 0 Å². The van der Waals surface area contributed by atoms with Crippen molar-refractivity contribution in [1.82, 2.24) is 5.32 Å². The van der Waals surface area contributed by atoms with E-state index in [4.69, 9.17) is 5.73 Å². The first-order valence-electron chi connectivity index (χ1n) is 4.34. The number of nitrogens with two attached hydrogens (primary N) is 1. The molecule has 3 N–H and O–H groups in total. The summed E-state index contributed by atoms with van der Waals surface area (Å²) in [6.45, 7) is 6.99. The molecule has 0 aliphatic rings. The molecule has 0 unspecified atom stereocenters. The van der Waals surface area contributed by atoms with Gasteiger partial charge >= 0.3 is 0 Å². The Morgan fingerprint density at radius 1 is 1.29 bits per heavy atom. The number of primary amides is 1. The van der Waals surface area contributed by atoms with Crippen molar-refractivity contribution in [3.05, 3.63) is 0 Å². The third-order valence-corrected chi connectivity index (χ3v) is 1.97. The van der Waals surface area contributed by atoms with Crippen LogP contribution in [0.1, 0.15) is 34.1 Å². The molecule has 82 valence electrons. The van der Waals surface area contributed by atoms with Crippen LogP contribution >= 0.6 is 15.9 Å². The number of carbonyl (C=O) groups is 2. The van der Waals surface area contributed by atoms with Gasteiger partial charge in [0, 0.05) is 12.0 Å². The van der Waals surface area contributed by atoms with Crippen molar-refractivity contribution in [2.24, 2.45) is 5.73 Å². The molecular weight excluding hydrogens is 248 g/mol. The minimum atomic E-state index is -0.637. The van der Waals surface area contributed by atoms with Crippen LogP contribution in [-0.4, -0.2) is 21.7 Å². The van der Waals surface area contributed by atoms with Gasteiger partial charge in [-0.2, -0.15) is 0 Å². The Morgan fingerprint density at radius 2 is 1.71 bits per heavy atom. The van der Waals surface area contributed by atoms with Crippen molar-refractivity contribution in [3.63, 3.8) is 0 Å². The lowest BCUT2D eigenvalue weighted by atomic mass is 9.99. The SMILES string of the molecule is CC(C)(CC(N)=O)NC(=O)C(C)(C)Br. The number of hydrogen-bond acceptors (Lipinski definition) is 2. The van der Waals surface area contributed by atoms with E-state index < -0.39 is 15.8 Å². The molecule has 0 heterocycles. The molecule has 0 spiro atoms. The topological polar surface area (TPSA) is 72.2 Å². The van der Waals surface area contributed by atoms with Crippen LogP contribution in [0, 0.1) is 0 Å². The number of halogens is 1. The fraction of sp³-hybridized carbons (Fsp3) is 0.778. The molecule has 0 radical (unpaired) electrons. The van der Waals surface area contributed by atoms with E-state index in [1.807, 2.05) is 0 Å². The van der Waals surface area contributed by atoms with Gasteiger partial charge in [-0.1, -0.05) is 15.9 Å². The van der Waals surface area contributed by atoms with E-state index in [9.17, 15) is 9.59 Å². The van der Waals surface area contributed by atoms with Crippen LogP contribution < -0.4 is 11.1 Å². The molecule has 0 saturated heterocycles. The van der Waals surface area contributed by atoms with Gasteiger partial charge in [-0.3, -0.25) is 9.59 Å². The average Bonchev–Trinajstić information content (AvgIpc) is 1.79. The highest BCUT2D eigenvalue weighted by Gasteiger charge is 2.30. The van der Waals surface area contributed by atoms with E-state index in [-0.39, 0.29) is 12.3 Å². The Morgan fingerprint density at radius 3 is 2.00 bits per heavy atom. The van der Waals surface area contributed by atoms with Crippen LogP contribution in [0.25, 0.3) is 0 Å². The summed E-state index contributed by atoms with van der Waals surface area (Å²) < 4.78 is -0.637. The number of carbonyl (C=O) groups excluding carboxylic acids is 2. The van der Waals surface area contributed by atoms with Gasteiger partial charge < -0.3 is 11.1 Å². The number of rotatable bonds is 4. The molecule has 0 aliphatic heterocycles. The van der Waals surface area contributed by atoms with Crippen LogP contribution in [-0.2, 0) is 9.59 Å². The van der Waals surface area contributed by atoms with Gasteiger partial charge in [-0.25, -0.2) is 0 Å². The molecule has 0 fully saturated rings. The second kappa shape index (κ2) is 4.29. The van der Waals surface area contributed by atoms with Crippen molar-refractivity contribution in [2.45, 2.75) is 44.0 Å². The maximum atomic E-state index is 11.6.